The highest BCUT2D eigenvalue weighted by Crippen LogP contribution is 2.27. The van der Waals surface area contributed by atoms with Crippen molar-refractivity contribution in [2.24, 2.45) is 0 Å². The molecule has 0 saturated heterocycles. The Morgan fingerprint density at radius 2 is 1.31 bits per heavy atom. The molecule has 0 amide bonds. The lowest BCUT2D eigenvalue weighted by Crippen LogP contribution is -2.59. The first kappa shape index (κ1) is 12.9. The van der Waals surface area contributed by atoms with Crippen LogP contribution in [-0.2, 0) is 9.68 Å². The topological polar surface area (TPSA) is 18.5 Å². The Morgan fingerprint density at radius 1 is 0.923 bits per heavy atom. The smallest absolute Gasteiger partial charge is 0.153 e. The molecule has 1 atom stereocenters. The third-order valence-corrected chi connectivity index (χ3v) is 2.01. The zero-order valence-electron chi connectivity index (χ0n) is 10.3. The molecular weight excluding hydrogens is 166 g/mol. The molecule has 0 fully saturated rings. The van der Waals surface area contributed by atoms with Gasteiger partial charge in [-0.2, -0.15) is 9.68 Å². The monoisotopic (exact) mass is 190 g/mol. The normalized spacial score (nSPS) is 18.5. The van der Waals surface area contributed by atoms with Crippen LogP contribution in [0, 0.1) is 0 Å². The van der Waals surface area contributed by atoms with E-state index in [1.807, 2.05) is 27.8 Å². The van der Waals surface area contributed by atoms with E-state index in [-0.39, 0.29) is 15.9 Å². The minimum atomic E-state index is -0.210. The Hall–Kier alpha value is -0.120. The molecule has 3 nitrogen and oxygen atoms in total. The van der Waals surface area contributed by atoms with Gasteiger partial charge in [0, 0.05) is 0 Å². The van der Waals surface area contributed by atoms with Crippen LogP contribution < -0.4 is 0 Å². The second-order valence-electron chi connectivity index (χ2n) is 5.40. The van der Waals surface area contributed by atoms with Crippen molar-refractivity contribution in [2.75, 3.05) is 14.2 Å². The van der Waals surface area contributed by atoms with Crippen molar-refractivity contribution in [3.8, 4) is 0 Å². The molecule has 0 N–H and O–H groups in total. The first-order valence-corrected chi connectivity index (χ1v) is 4.65. The van der Waals surface area contributed by atoms with Gasteiger partial charge in [-0.25, -0.2) is 0 Å². The van der Waals surface area contributed by atoms with Crippen molar-refractivity contribution in [2.45, 2.75) is 52.7 Å². The maximum atomic E-state index is 5.85. The molecule has 0 rings (SSSR count). The molecule has 13 heavy (non-hydrogen) atoms. The van der Waals surface area contributed by atoms with Crippen LogP contribution >= 0.6 is 0 Å². The lowest BCUT2D eigenvalue weighted by Gasteiger charge is -2.41. The van der Waals surface area contributed by atoms with Gasteiger partial charge < -0.3 is 0 Å². The zero-order chi connectivity index (χ0) is 10.9. The Bertz CT molecular complexity index is 167. The van der Waals surface area contributed by atoms with E-state index in [9.17, 15) is 0 Å². The lowest BCUT2D eigenvalue weighted by molar-refractivity contribution is -1.27. The van der Waals surface area contributed by atoms with Gasteiger partial charge in [-0.15, -0.1) is 0 Å². The zero-order valence-corrected chi connectivity index (χ0v) is 10.3. The van der Waals surface area contributed by atoms with Gasteiger partial charge in [0.15, 0.2) is 5.54 Å². The average Bonchev–Trinajstić information content (AvgIpc) is 1.81. The summed E-state index contributed by atoms with van der Waals surface area (Å²) in [5.74, 6) is 0. The first-order valence-electron chi connectivity index (χ1n) is 4.65. The van der Waals surface area contributed by atoms with E-state index in [0.717, 1.165) is 0 Å². The van der Waals surface area contributed by atoms with Crippen LogP contribution in [0.5, 0.6) is 0 Å². The minimum absolute atomic E-state index is 0.0952. The molecule has 0 aromatic heterocycles. The van der Waals surface area contributed by atoms with Crippen LogP contribution in [0.3, 0.4) is 0 Å². The summed E-state index contributed by atoms with van der Waals surface area (Å²) in [6.45, 7) is 12.3. The van der Waals surface area contributed by atoms with Crippen LogP contribution in [0.25, 0.3) is 0 Å². The molecule has 80 valence electrons. The number of hydrogen-bond acceptors (Lipinski definition) is 2. The highest BCUT2D eigenvalue weighted by atomic mass is 17.0. The molecule has 1 unspecified atom stereocenters. The maximum absolute atomic E-state index is 5.85. The maximum Gasteiger partial charge on any atom is 0.153 e. The molecule has 0 aromatic rings. The van der Waals surface area contributed by atoms with Gasteiger partial charge in [0.1, 0.15) is 12.6 Å². The van der Waals surface area contributed by atoms with Gasteiger partial charge >= 0.3 is 0 Å². The quantitative estimate of drug-likeness (QED) is 0.492. The molecule has 0 aliphatic carbocycles. The predicted molar refractivity (Wildman–Crippen MR) is 53.8 cm³/mol. The summed E-state index contributed by atoms with van der Waals surface area (Å²) in [4.78, 5) is 11.4. The fourth-order valence-corrected chi connectivity index (χ4v) is 0.971. The van der Waals surface area contributed by atoms with Crippen molar-refractivity contribution in [3.63, 3.8) is 0 Å². The van der Waals surface area contributed by atoms with Crippen LogP contribution in [0.2, 0.25) is 0 Å². The molecule has 0 spiro atoms. The van der Waals surface area contributed by atoms with Crippen LogP contribution in [0.4, 0.5) is 0 Å². The summed E-state index contributed by atoms with van der Waals surface area (Å²) in [6, 6.07) is 0. The van der Waals surface area contributed by atoms with Gasteiger partial charge in [0.05, 0.1) is 7.11 Å². The molecular formula is C10H24NO2+. The number of quaternary nitrogens is 1. The van der Waals surface area contributed by atoms with Crippen molar-refractivity contribution in [1.82, 2.24) is 0 Å². The summed E-state index contributed by atoms with van der Waals surface area (Å²) >= 11 is 0. The Kier molecular flexibility index (Phi) is 3.53. The fraction of sp³-hybridized carbons (Fsp3) is 1.00. The Labute approximate surface area is 82.1 Å². The van der Waals surface area contributed by atoms with Crippen LogP contribution in [0.15, 0.2) is 0 Å². The van der Waals surface area contributed by atoms with Crippen molar-refractivity contribution in [3.05, 3.63) is 0 Å². The van der Waals surface area contributed by atoms with E-state index in [1.54, 1.807) is 7.11 Å². The number of rotatable bonds is 2. The van der Waals surface area contributed by atoms with Crippen LogP contribution in [0.1, 0.15) is 41.5 Å². The highest BCUT2D eigenvalue weighted by Gasteiger charge is 2.43. The molecule has 0 radical (unpaired) electrons. The average molecular weight is 190 g/mol. The summed E-state index contributed by atoms with van der Waals surface area (Å²) in [6.07, 6.45) is 0. The van der Waals surface area contributed by atoms with Crippen molar-refractivity contribution in [1.29, 1.82) is 0 Å². The number of nitrogens with zero attached hydrogens (tertiary/aromatic N) is 1. The van der Waals surface area contributed by atoms with E-state index in [2.05, 4.69) is 20.8 Å². The van der Waals surface area contributed by atoms with Gasteiger partial charge in [-0.3, -0.25) is 0 Å². The third kappa shape index (κ3) is 3.63. The molecule has 0 aliphatic heterocycles. The van der Waals surface area contributed by atoms with Gasteiger partial charge in [0.25, 0.3) is 0 Å². The van der Waals surface area contributed by atoms with E-state index in [1.165, 1.54) is 0 Å². The summed E-state index contributed by atoms with van der Waals surface area (Å²) in [5.41, 5.74) is -0.305. The first-order chi connectivity index (χ1) is 5.52. The molecule has 0 saturated carbocycles. The van der Waals surface area contributed by atoms with E-state index < -0.39 is 0 Å². The lowest BCUT2D eigenvalue weighted by atomic mass is 10.1. The van der Waals surface area contributed by atoms with E-state index >= 15 is 0 Å². The second kappa shape index (κ2) is 3.56. The number of hydrogen-bond donors (Lipinski definition) is 0. The summed E-state index contributed by atoms with van der Waals surface area (Å²) in [7, 11) is 3.59. The predicted octanol–water partition coefficient (Wildman–Crippen LogP) is 2.52. The minimum Gasteiger partial charge on any atom is -0.171 e. The number of hydroxylamine groups is 4. The SMILES string of the molecule is CO[N+](C)(OC(C)(C)C)C(C)(C)C. The second-order valence-corrected chi connectivity index (χ2v) is 5.40. The summed E-state index contributed by atoms with van der Waals surface area (Å²) in [5, 5.41) is 0. The van der Waals surface area contributed by atoms with Crippen molar-refractivity contribution >= 4 is 0 Å². The highest BCUT2D eigenvalue weighted by molar-refractivity contribution is 4.59. The molecule has 0 aliphatic rings. The third-order valence-electron chi connectivity index (χ3n) is 2.01. The standard InChI is InChI=1S/C10H24NO2/c1-9(2,3)11(7,12-8)13-10(4,5)6/h1-8H3/q+1. The Morgan fingerprint density at radius 3 is 1.38 bits per heavy atom. The largest absolute Gasteiger partial charge is 0.171 e. The van der Waals surface area contributed by atoms with Gasteiger partial charge in [-0.1, -0.05) is 0 Å². The van der Waals surface area contributed by atoms with Crippen LogP contribution in [-0.4, -0.2) is 30.1 Å². The molecule has 0 bridgehead atoms. The Balaban J connectivity index is 4.67. The fourth-order valence-electron chi connectivity index (χ4n) is 0.971. The molecule has 3 heteroatoms. The van der Waals surface area contributed by atoms with E-state index in [0.29, 0.717) is 0 Å². The summed E-state index contributed by atoms with van der Waals surface area (Å²) < 4.78 is 0. The van der Waals surface area contributed by atoms with Crippen molar-refractivity contribution < 1.29 is 14.5 Å². The van der Waals surface area contributed by atoms with Gasteiger partial charge in [0.2, 0.25) is 0 Å². The van der Waals surface area contributed by atoms with Gasteiger partial charge in [-0.05, 0) is 46.4 Å². The van der Waals surface area contributed by atoms with E-state index in [4.69, 9.17) is 9.68 Å². The molecule has 0 aromatic carbocycles. The molecule has 0 heterocycles.